The van der Waals surface area contributed by atoms with Gasteiger partial charge in [-0.2, -0.15) is 13.2 Å². The lowest BCUT2D eigenvalue weighted by atomic mass is 9.63. The van der Waals surface area contributed by atoms with Crippen molar-refractivity contribution in [3.8, 4) is 5.75 Å². The molecule has 0 radical (unpaired) electrons. The molecule has 1 saturated carbocycles. The van der Waals surface area contributed by atoms with Crippen LogP contribution in [-0.2, 0) is 15.1 Å². The number of piperidine rings is 1. The van der Waals surface area contributed by atoms with Gasteiger partial charge < -0.3 is 10.1 Å². The average Bonchev–Trinajstić information content (AvgIpc) is 2.50. The van der Waals surface area contributed by atoms with Crippen molar-refractivity contribution in [2.24, 2.45) is 11.8 Å². The molecule has 2 aliphatic rings. The molecule has 7 heteroatoms. The van der Waals surface area contributed by atoms with E-state index < -0.39 is 35.2 Å². The fourth-order valence-corrected chi connectivity index (χ4v) is 3.67. The van der Waals surface area contributed by atoms with E-state index in [4.69, 9.17) is 4.74 Å². The van der Waals surface area contributed by atoms with Gasteiger partial charge in [0.1, 0.15) is 5.75 Å². The molecule has 124 valence electrons. The third-order valence-electron chi connectivity index (χ3n) is 4.82. The van der Waals surface area contributed by atoms with E-state index in [1.807, 2.05) is 0 Å². The Morgan fingerprint density at radius 2 is 1.83 bits per heavy atom. The Balaban J connectivity index is 2.16. The van der Waals surface area contributed by atoms with Gasteiger partial charge in [-0.15, -0.1) is 0 Å². The summed E-state index contributed by atoms with van der Waals surface area (Å²) in [5.41, 5.74) is -2.80. The van der Waals surface area contributed by atoms with Crippen molar-refractivity contribution >= 4 is 11.7 Å². The molecular weight excluding hydrogens is 311 g/mol. The molecule has 1 aromatic rings. The SMILES string of the molecule is COc1ccc([C@]2(C(F)(F)F)NC(=O)[C@@H]3CCC[C@H]2C3=O)cc1. The zero-order chi connectivity index (χ0) is 16.8. The second-order valence-electron chi connectivity index (χ2n) is 5.96. The van der Waals surface area contributed by atoms with Crippen molar-refractivity contribution in [2.45, 2.75) is 31.0 Å². The number of amides is 1. The van der Waals surface area contributed by atoms with Crippen LogP contribution in [0.5, 0.6) is 5.75 Å². The number of rotatable bonds is 2. The number of hydrogen-bond acceptors (Lipinski definition) is 3. The molecule has 4 nitrogen and oxygen atoms in total. The van der Waals surface area contributed by atoms with Gasteiger partial charge in [0.05, 0.1) is 18.9 Å². The van der Waals surface area contributed by atoms with Crippen molar-refractivity contribution in [1.82, 2.24) is 5.32 Å². The predicted molar refractivity (Wildman–Crippen MR) is 74.7 cm³/mol. The average molecular weight is 327 g/mol. The fourth-order valence-electron chi connectivity index (χ4n) is 3.67. The number of carbonyl (C=O) groups excluding carboxylic acids is 2. The Morgan fingerprint density at radius 1 is 1.17 bits per heavy atom. The van der Waals surface area contributed by atoms with Gasteiger partial charge in [0, 0.05) is 0 Å². The highest BCUT2D eigenvalue weighted by molar-refractivity contribution is 6.06. The van der Waals surface area contributed by atoms with Crippen molar-refractivity contribution in [3.63, 3.8) is 0 Å². The highest BCUT2D eigenvalue weighted by Crippen LogP contribution is 2.51. The van der Waals surface area contributed by atoms with Crippen LogP contribution in [-0.4, -0.2) is 25.0 Å². The minimum absolute atomic E-state index is 0.112. The molecule has 3 atom stereocenters. The quantitative estimate of drug-likeness (QED) is 0.850. The van der Waals surface area contributed by atoms with Crippen LogP contribution in [0.4, 0.5) is 13.2 Å². The van der Waals surface area contributed by atoms with Crippen molar-refractivity contribution in [2.75, 3.05) is 7.11 Å². The van der Waals surface area contributed by atoms with Gasteiger partial charge in [-0.1, -0.05) is 18.6 Å². The third-order valence-corrected chi connectivity index (χ3v) is 4.82. The lowest BCUT2D eigenvalue weighted by molar-refractivity contribution is -0.227. The maximum absolute atomic E-state index is 14.0. The first-order valence-electron chi connectivity index (χ1n) is 7.38. The first-order chi connectivity index (χ1) is 10.8. The van der Waals surface area contributed by atoms with Crippen LogP contribution in [0.15, 0.2) is 24.3 Å². The molecule has 0 spiro atoms. The zero-order valence-corrected chi connectivity index (χ0v) is 12.4. The Labute approximate surface area is 131 Å². The number of nitrogens with one attached hydrogen (secondary N) is 1. The van der Waals surface area contributed by atoms with Gasteiger partial charge >= 0.3 is 6.18 Å². The van der Waals surface area contributed by atoms with Crippen LogP contribution in [0.2, 0.25) is 0 Å². The van der Waals surface area contributed by atoms with E-state index in [9.17, 15) is 22.8 Å². The number of Topliss-reactive ketones (excluding diaryl/α,β-unsaturated/α-hetero) is 1. The fraction of sp³-hybridized carbons (Fsp3) is 0.500. The molecule has 2 bridgehead atoms. The van der Waals surface area contributed by atoms with Crippen LogP contribution in [0.25, 0.3) is 0 Å². The van der Waals surface area contributed by atoms with E-state index in [-0.39, 0.29) is 12.0 Å². The smallest absolute Gasteiger partial charge is 0.416 e. The molecule has 1 aliphatic heterocycles. The summed E-state index contributed by atoms with van der Waals surface area (Å²) in [6.07, 6.45) is -3.92. The van der Waals surface area contributed by atoms with Gasteiger partial charge in [0.15, 0.2) is 11.3 Å². The number of halogens is 3. The van der Waals surface area contributed by atoms with Crippen molar-refractivity contribution in [1.29, 1.82) is 0 Å². The topological polar surface area (TPSA) is 55.4 Å². The summed E-state index contributed by atoms with van der Waals surface area (Å²) in [4.78, 5) is 24.5. The van der Waals surface area contributed by atoms with Crippen molar-refractivity contribution in [3.05, 3.63) is 29.8 Å². The number of methoxy groups -OCH3 is 1. The molecule has 1 N–H and O–H groups in total. The number of alkyl halides is 3. The molecule has 2 fully saturated rings. The van der Waals surface area contributed by atoms with E-state index in [0.29, 0.717) is 18.6 Å². The summed E-state index contributed by atoms with van der Waals surface area (Å²) in [6, 6.07) is 5.31. The van der Waals surface area contributed by atoms with E-state index in [0.717, 1.165) is 0 Å². The highest BCUT2D eigenvalue weighted by atomic mass is 19.4. The van der Waals surface area contributed by atoms with Gasteiger partial charge in [0.25, 0.3) is 0 Å². The summed E-state index contributed by atoms with van der Waals surface area (Å²) in [6.45, 7) is 0. The summed E-state index contributed by atoms with van der Waals surface area (Å²) in [5, 5.41) is 2.13. The number of carbonyl (C=O) groups is 2. The lowest BCUT2D eigenvalue weighted by Gasteiger charge is -2.49. The summed E-state index contributed by atoms with van der Waals surface area (Å²) >= 11 is 0. The number of fused-ring (bicyclic) bond motifs is 2. The molecule has 0 aromatic heterocycles. The summed E-state index contributed by atoms with van der Waals surface area (Å²) in [7, 11) is 1.41. The van der Waals surface area contributed by atoms with Crippen LogP contribution in [0, 0.1) is 11.8 Å². The summed E-state index contributed by atoms with van der Waals surface area (Å²) in [5.74, 6) is -3.27. The minimum atomic E-state index is -4.78. The number of ether oxygens (including phenoxy) is 1. The van der Waals surface area contributed by atoms with E-state index in [1.165, 1.54) is 31.4 Å². The molecule has 3 rings (SSSR count). The second kappa shape index (κ2) is 5.25. The predicted octanol–water partition coefficient (Wildman–Crippen LogP) is 2.57. The molecule has 1 aromatic carbocycles. The summed E-state index contributed by atoms with van der Waals surface area (Å²) < 4.78 is 47.0. The Hall–Kier alpha value is -2.05. The molecular formula is C16H16F3NO3. The molecule has 1 saturated heterocycles. The minimum Gasteiger partial charge on any atom is -0.497 e. The van der Waals surface area contributed by atoms with E-state index in [1.54, 1.807) is 0 Å². The first kappa shape index (κ1) is 15.8. The number of ketones is 1. The van der Waals surface area contributed by atoms with E-state index in [2.05, 4.69) is 5.32 Å². The molecule has 1 aliphatic carbocycles. The maximum atomic E-state index is 14.0. The molecule has 0 unspecified atom stereocenters. The Morgan fingerprint density at radius 3 is 2.39 bits per heavy atom. The lowest BCUT2D eigenvalue weighted by Crippen LogP contribution is -2.69. The van der Waals surface area contributed by atoms with Crippen LogP contribution >= 0.6 is 0 Å². The van der Waals surface area contributed by atoms with Gasteiger partial charge in [-0.25, -0.2) is 0 Å². The zero-order valence-electron chi connectivity index (χ0n) is 12.4. The Kier molecular flexibility index (Phi) is 3.61. The number of benzene rings is 1. The molecule has 1 heterocycles. The van der Waals surface area contributed by atoms with Gasteiger partial charge in [-0.05, 0) is 30.5 Å². The largest absolute Gasteiger partial charge is 0.497 e. The normalized spacial score (nSPS) is 30.8. The van der Waals surface area contributed by atoms with Crippen molar-refractivity contribution < 1.29 is 27.5 Å². The monoisotopic (exact) mass is 327 g/mol. The van der Waals surface area contributed by atoms with Gasteiger partial charge in [-0.3, -0.25) is 9.59 Å². The molecule has 23 heavy (non-hydrogen) atoms. The van der Waals surface area contributed by atoms with Crippen LogP contribution in [0.3, 0.4) is 0 Å². The highest BCUT2D eigenvalue weighted by Gasteiger charge is 2.67. The number of hydrogen-bond donors (Lipinski definition) is 1. The third kappa shape index (κ3) is 2.21. The Bertz CT molecular complexity index is 641. The first-order valence-corrected chi connectivity index (χ1v) is 7.38. The second-order valence-corrected chi connectivity index (χ2v) is 5.96. The van der Waals surface area contributed by atoms with Gasteiger partial charge in [0.2, 0.25) is 5.91 Å². The standard InChI is InChI=1S/C16H16F3NO3/c1-23-10-7-5-9(6-8-10)15(16(17,18)19)12-4-2-3-11(13(12)21)14(22)20-15/h5-8,11-12H,2-4H2,1H3,(H,20,22)/t11-,12+,15+/m1/s1. The molecule has 1 amide bonds. The van der Waals surface area contributed by atoms with Crippen LogP contribution in [0.1, 0.15) is 24.8 Å². The van der Waals surface area contributed by atoms with Crippen LogP contribution < -0.4 is 10.1 Å². The van der Waals surface area contributed by atoms with E-state index >= 15 is 0 Å². The maximum Gasteiger partial charge on any atom is 0.416 e.